The van der Waals surface area contributed by atoms with Crippen LogP contribution in [0.15, 0.2) is 0 Å². The van der Waals surface area contributed by atoms with Crippen molar-refractivity contribution in [3.8, 4) is 0 Å². The molecule has 0 N–H and O–H groups in total. The third-order valence-electron chi connectivity index (χ3n) is 6.67. The van der Waals surface area contributed by atoms with Crippen molar-refractivity contribution in [1.29, 1.82) is 0 Å². The van der Waals surface area contributed by atoms with Gasteiger partial charge in [0.05, 0.1) is 11.9 Å². The van der Waals surface area contributed by atoms with Crippen molar-refractivity contribution >= 4 is 67.1 Å². The SMILES string of the molecule is CC(C)CCCCCC(S)C(=O)[O-].CC(C)CCCCCC(S)C(=O)[O-].CCCCCCCCCCC[CH2][Sb+2][SH]. The Morgan fingerprint density at radius 1 is 0.550 bits per heavy atom. The fourth-order valence-corrected chi connectivity index (χ4v) is 6.40. The van der Waals surface area contributed by atoms with Crippen LogP contribution in [0.4, 0.5) is 0 Å². The van der Waals surface area contributed by atoms with E-state index in [9.17, 15) is 19.8 Å². The van der Waals surface area contributed by atoms with Gasteiger partial charge in [0, 0.05) is 10.5 Å². The minimum absolute atomic E-state index is 0.0261. The summed E-state index contributed by atoms with van der Waals surface area (Å²) in [5.41, 5.74) is 0. The molecule has 4 nitrogen and oxygen atoms in total. The summed E-state index contributed by atoms with van der Waals surface area (Å²) in [6, 6.07) is 0. The molecule has 0 heterocycles. The van der Waals surface area contributed by atoms with Crippen LogP contribution in [0.5, 0.6) is 0 Å². The number of carboxylic acids is 2. The van der Waals surface area contributed by atoms with Crippen LogP contribution in [-0.2, 0) is 9.59 Å². The van der Waals surface area contributed by atoms with Gasteiger partial charge < -0.3 is 19.8 Å². The number of carbonyl (C=O) groups excluding carboxylic acids is 2. The molecule has 0 aliphatic rings. The van der Waals surface area contributed by atoms with Gasteiger partial charge in [-0.3, -0.25) is 0 Å². The average molecular weight is 731 g/mol. The van der Waals surface area contributed by atoms with Crippen molar-refractivity contribution in [2.24, 2.45) is 11.8 Å². The van der Waals surface area contributed by atoms with Crippen LogP contribution in [0.3, 0.4) is 0 Å². The number of unbranched alkanes of at least 4 members (excludes halogenated alkanes) is 13. The topological polar surface area (TPSA) is 80.3 Å². The standard InChI is InChI=1S/C12H25.2C10H20O2S.H2S.Sb/c1-3-5-7-9-11-12-10-8-6-4-2;2*1-8(2)6-4-3-5-7-9(13)10(11)12;;/h1,3-12H2,2H3;2*8-9,13H,3-7H2,1-2H3,(H,11,12);1H2;/q;;;;+3/p-3. The number of thiol groups is 3. The van der Waals surface area contributed by atoms with Gasteiger partial charge in [-0.15, -0.1) is 0 Å². The van der Waals surface area contributed by atoms with Gasteiger partial charge >= 0.3 is 105 Å². The molecule has 0 aliphatic heterocycles. The van der Waals surface area contributed by atoms with Gasteiger partial charge in [-0.1, -0.05) is 79.1 Å². The van der Waals surface area contributed by atoms with Crippen molar-refractivity contribution in [2.75, 3.05) is 0 Å². The maximum atomic E-state index is 10.3. The molecule has 0 aliphatic carbocycles. The van der Waals surface area contributed by atoms with Crippen LogP contribution in [-0.4, -0.2) is 42.7 Å². The Balaban J connectivity index is -0.000000514. The summed E-state index contributed by atoms with van der Waals surface area (Å²) in [5.74, 6) is -0.611. The molecule has 1 radical (unpaired) electrons. The Kier molecular flexibility index (Phi) is 40.7. The Morgan fingerprint density at radius 3 is 1.15 bits per heavy atom. The van der Waals surface area contributed by atoms with Crippen molar-refractivity contribution < 1.29 is 19.8 Å². The third-order valence-corrected chi connectivity index (χ3v) is 10.4. The second-order valence-corrected chi connectivity index (χ2v) is 17.0. The Hall–Kier alpha value is 0.808. The zero-order chi connectivity index (χ0) is 31.0. The van der Waals surface area contributed by atoms with Gasteiger partial charge in [-0.05, 0) is 24.7 Å². The van der Waals surface area contributed by atoms with E-state index in [4.69, 9.17) is 0 Å². The molecule has 0 amide bonds. The predicted octanol–water partition coefficient (Wildman–Crippen LogP) is 8.16. The van der Waals surface area contributed by atoms with Gasteiger partial charge in [0.2, 0.25) is 0 Å². The first-order valence-electron chi connectivity index (χ1n) is 16.1. The third kappa shape index (κ3) is 43.3. The summed E-state index contributed by atoms with van der Waals surface area (Å²) in [7, 11) is 4.36. The van der Waals surface area contributed by atoms with E-state index < -0.39 is 22.4 Å². The number of rotatable bonds is 25. The van der Waals surface area contributed by atoms with Gasteiger partial charge in [-0.25, -0.2) is 0 Å². The molecule has 0 spiro atoms. The van der Waals surface area contributed by atoms with E-state index in [2.05, 4.69) is 69.6 Å². The zero-order valence-corrected chi connectivity index (χ0v) is 31.8. The molecule has 0 aromatic rings. The molecule has 2 atom stereocenters. The van der Waals surface area contributed by atoms with E-state index in [1.807, 2.05) is 0 Å². The van der Waals surface area contributed by atoms with Crippen molar-refractivity contribution in [3.63, 3.8) is 0 Å². The number of carbonyl (C=O) groups is 2. The molecule has 0 aromatic carbocycles. The van der Waals surface area contributed by atoms with E-state index in [1.165, 1.54) is 94.3 Å². The summed E-state index contributed by atoms with van der Waals surface area (Å²) in [4.78, 5) is 20.6. The number of hydrogen-bond acceptors (Lipinski definition) is 7. The van der Waals surface area contributed by atoms with E-state index >= 15 is 0 Å². The normalized spacial score (nSPS) is 12.2. The number of aliphatic carboxylic acids is 2. The van der Waals surface area contributed by atoms with Crippen molar-refractivity contribution in [2.45, 2.75) is 178 Å². The molecule has 0 saturated carbocycles. The van der Waals surface area contributed by atoms with E-state index in [-0.39, 0.29) is 20.2 Å². The van der Waals surface area contributed by atoms with E-state index in [1.54, 1.807) is 0 Å². The molecule has 0 bridgehead atoms. The first-order valence-corrected chi connectivity index (χ1v) is 22.7. The quantitative estimate of drug-likeness (QED) is 0.0504. The summed E-state index contributed by atoms with van der Waals surface area (Å²) < 4.78 is 1.46. The molecule has 239 valence electrons. The molecular formula is C32H64O4S3Sb. The minimum atomic E-state index is -1.05. The van der Waals surface area contributed by atoms with Crippen LogP contribution in [0.2, 0.25) is 4.37 Å². The van der Waals surface area contributed by atoms with Crippen LogP contribution in [0.1, 0.15) is 163 Å². The Morgan fingerprint density at radius 2 is 0.850 bits per heavy atom. The molecule has 2 unspecified atom stereocenters. The maximum absolute atomic E-state index is 10.3. The molecule has 8 heteroatoms. The molecule has 40 heavy (non-hydrogen) atoms. The van der Waals surface area contributed by atoms with Crippen LogP contribution in [0, 0.1) is 11.8 Å². The van der Waals surface area contributed by atoms with Gasteiger partial charge in [-0.2, -0.15) is 25.3 Å². The predicted molar refractivity (Wildman–Crippen MR) is 183 cm³/mol. The second kappa shape index (κ2) is 36.0. The molecule has 0 rings (SSSR count). The Labute approximate surface area is 275 Å². The van der Waals surface area contributed by atoms with Gasteiger partial charge in [0.15, 0.2) is 0 Å². The summed E-state index contributed by atoms with van der Waals surface area (Å²) in [6.07, 6.45) is 24.7. The van der Waals surface area contributed by atoms with E-state index in [0.29, 0.717) is 12.8 Å². The average Bonchev–Trinajstić information content (AvgIpc) is 2.89. The molecule has 0 fully saturated rings. The molecular weight excluding hydrogens is 666 g/mol. The van der Waals surface area contributed by atoms with Gasteiger partial charge in [0.1, 0.15) is 0 Å². The first kappa shape index (κ1) is 45.2. The summed E-state index contributed by atoms with van der Waals surface area (Å²) in [5, 5.41) is 19.4. The zero-order valence-electron chi connectivity index (χ0n) is 26.6. The fourth-order valence-electron chi connectivity index (χ4n) is 4.04. The van der Waals surface area contributed by atoms with Crippen molar-refractivity contribution in [3.05, 3.63) is 0 Å². The number of hydrogen-bond donors (Lipinski definition) is 3. The van der Waals surface area contributed by atoms with Crippen LogP contribution >= 0.6 is 35.0 Å². The van der Waals surface area contributed by atoms with Gasteiger partial charge in [0.25, 0.3) is 0 Å². The monoisotopic (exact) mass is 729 g/mol. The van der Waals surface area contributed by atoms with Crippen molar-refractivity contribution in [1.82, 2.24) is 0 Å². The molecule has 0 aromatic heterocycles. The van der Waals surface area contributed by atoms with Crippen LogP contribution < -0.4 is 10.2 Å². The Bertz CT molecular complexity index is 490. The fraction of sp³-hybridized carbons (Fsp3) is 0.938. The van der Waals surface area contributed by atoms with Crippen LogP contribution in [0.25, 0.3) is 0 Å². The first-order chi connectivity index (χ1) is 19.0. The van der Waals surface area contributed by atoms with E-state index in [0.717, 1.165) is 37.5 Å². The summed E-state index contributed by atoms with van der Waals surface area (Å²) >= 11 is 7.79. The summed E-state index contributed by atoms with van der Waals surface area (Å²) in [6.45, 7) is 11.1. The molecule has 0 saturated heterocycles. The number of carboxylic acid groups (broad SMARTS) is 2. The second-order valence-electron chi connectivity index (χ2n) is 11.8.